The fourth-order valence-electron chi connectivity index (χ4n) is 6.11. The second-order valence-electron chi connectivity index (χ2n) is 9.03. The van der Waals surface area contributed by atoms with Gasteiger partial charge in [-0.3, -0.25) is 9.89 Å². The third-order valence-electron chi connectivity index (χ3n) is 7.72. The number of aliphatic imine (C=N–C) groups is 1. The Hall–Kier alpha value is -0.800. The first kappa shape index (κ1) is 21.4. The minimum atomic E-state index is 0. The molecule has 6 nitrogen and oxygen atoms in total. The number of nitrogens with one attached hydrogen (secondary N) is 2. The van der Waals surface area contributed by atoms with E-state index in [9.17, 15) is 0 Å². The Morgan fingerprint density at radius 2 is 2.10 bits per heavy atom. The molecule has 4 fully saturated rings. The normalized spacial score (nSPS) is 31.9. The molecule has 7 heteroatoms. The predicted molar refractivity (Wildman–Crippen MR) is 125 cm³/mol. The van der Waals surface area contributed by atoms with Crippen LogP contribution in [-0.2, 0) is 4.74 Å². The third-order valence-corrected chi connectivity index (χ3v) is 7.72. The summed E-state index contributed by atoms with van der Waals surface area (Å²) in [5.41, 5.74) is 0.367. The number of likely N-dealkylation sites (tertiary alicyclic amines) is 1. The molecule has 4 atom stereocenters. The van der Waals surface area contributed by atoms with Gasteiger partial charge in [-0.1, -0.05) is 12.8 Å². The van der Waals surface area contributed by atoms with Crippen LogP contribution in [0, 0.1) is 11.3 Å². The molecule has 162 valence electrons. The van der Waals surface area contributed by atoms with E-state index in [1.54, 1.807) is 6.26 Å². The molecule has 0 bridgehead atoms. The highest BCUT2D eigenvalue weighted by Crippen LogP contribution is 2.62. The van der Waals surface area contributed by atoms with E-state index in [1.165, 1.54) is 44.9 Å². The van der Waals surface area contributed by atoms with Crippen LogP contribution in [0.2, 0.25) is 0 Å². The molecule has 29 heavy (non-hydrogen) atoms. The summed E-state index contributed by atoms with van der Waals surface area (Å²) in [4.78, 5) is 7.11. The summed E-state index contributed by atoms with van der Waals surface area (Å²) in [5.74, 6) is 2.63. The summed E-state index contributed by atoms with van der Waals surface area (Å²) in [5, 5.41) is 7.40. The topological polar surface area (TPSA) is 62.0 Å². The van der Waals surface area contributed by atoms with Crippen molar-refractivity contribution in [1.29, 1.82) is 0 Å². The van der Waals surface area contributed by atoms with Crippen molar-refractivity contribution in [2.24, 2.45) is 16.3 Å². The largest absolute Gasteiger partial charge is 0.468 e. The van der Waals surface area contributed by atoms with Gasteiger partial charge in [-0.15, -0.1) is 24.0 Å². The van der Waals surface area contributed by atoms with Gasteiger partial charge in [0.1, 0.15) is 5.76 Å². The Bertz CT molecular complexity index is 685. The molecule has 2 aliphatic heterocycles. The van der Waals surface area contributed by atoms with Crippen molar-refractivity contribution in [1.82, 2.24) is 15.5 Å². The van der Waals surface area contributed by atoms with Gasteiger partial charge >= 0.3 is 0 Å². The number of ether oxygens (including phenoxy) is 1. The first-order valence-electron chi connectivity index (χ1n) is 11.2. The van der Waals surface area contributed by atoms with Crippen LogP contribution in [0.5, 0.6) is 0 Å². The number of fused-ring (bicyclic) bond motifs is 2. The molecular weight excluding hydrogens is 479 g/mol. The third kappa shape index (κ3) is 3.82. The van der Waals surface area contributed by atoms with Crippen molar-refractivity contribution in [3.05, 3.63) is 24.2 Å². The van der Waals surface area contributed by atoms with Gasteiger partial charge in [0, 0.05) is 37.6 Å². The lowest BCUT2D eigenvalue weighted by atomic mass is 9.46. The summed E-state index contributed by atoms with van der Waals surface area (Å²) in [6.07, 6.45) is 11.3. The maximum Gasteiger partial charge on any atom is 0.191 e. The van der Waals surface area contributed by atoms with Gasteiger partial charge in [0.05, 0.1) is 18.4 Å². The molecule has 2 aliphatic carbocycles. The first-order chi connectivity index (χ1) is 13.8. The summed E-state index contributed by atoms with van der Waals surface area (Å²) in [6, 6.07) is 4.87. The molecule has 2 saturated heterocycles. The molecule has 4 aliphatic rings. The van der Waals surface area contributed by atoms with Gasteiger partial charge in [0.15, 0.2) is 5.96 Å². The van der Waals surface area contributed by atoms with Gasteiger partial charge in [-0.2, -0.15) is 0 Å². The smallest absolute Gasteiger partial charge is 0.191 e. The number of nitrogens with zero attached hydrogens (tertiary/aromatic N) is 2. The lowest BCUT2D eigenvalue weighted by Crippen LogP contribution is -2.72. The molecular formula is C22H35IN4O2. The highest BCUT2D eigenvalue weighted by Gasteiger charge is 2.66. The van der Waals surface area contributed by atoms with Crippen LogP contribution in [0.1, 0.15) is 56.7 Å². The Balaban J connectivity index is 0.00000205. The lowest BCUT2D eigenvalue weighted by molar-refractivity contribution is -0.171. The van der Waals surface area contributed by atoms with Crippen LogP contribution in [0.15, 0.2) is 27.8 Å². The van der Waals surface area contributed by atoms with Gasteiger partial charge in [0.2, 0.25) is 0 Å². The fraction of sp³-hybridized carbons (Fsp3) is 0.773. The number of halogens is 1. The van der Waals surface area contributed by atoms with E-state index < -0.39 is 0 Å². The first-order valence-corrected chi connectivity index (χ1v) is 11.2. The maximum absolute atomic E-state index is 6.06. The zero-order valence-corrected chi connectivity index (χ0v) is 19.8. The number of hydrogen-bond acceptors (Lipinski definition) is 4. The van der Waals surface area contributed by atoms with E-state index >= 15 is 0 Å². The van der Waals surface area contributed by atoms with E-state index in [0.717, 1.165) is 38.0 Å². The quantitative estimate of drug-likeness (QED) is 0.358. The summed E-state index contributed by atoms with van der Waals surface area (Å²) >= 11 is 0. The van der Waals surface area contributed by atoms with Crippen LogP contribution in [0.4, 0.5) is 0 Å². The van der Waals surface area contributed by atoms with Crippen molar-refractivity contribution in [3.63, 3.8) is 0 Å². The molecule has 1 aromatic heterocycles. The lowest BCUT2D eigenvalue weighted by Gasteiger charge is -2.63. The number of guanidine groups is 1. The highest BCUT2D eigenvalue weighted by molar-refractivity contribution is 14.0. The van der Waals surface area contributed by atoms with Crippen LogP contribution >= 0.6 is 24.0 Å². The van der Waals surface area contributed by atoms with E-state index in [2.05, 4.69) is 26.6 Å². The van der Waals surface area contributed by atoms with Crippen molar-refractivity contribution in [3.8, 4) is 0 Å². The number of piperidine rings is 1. The molecule has 0 aromatic carbocycles. The van der Waals surface area contributed by atoms with Gasteiger partial charge in [0.25, 0.3) is 0 Å². The average molecular weight is 514 g/mol. The molecule has 2 N–H and O–H groups in total. The minimum Gasteiger partial charge on any atom is -0.468 e. The average Bonchev–Trinajstić information content (AvgIpc) is 3.35. The van der Waals surface area contributed by atoms with Gasteiger partial charge in [-0.25, -0.2) is 0 Å². The molecule has 0 radical (unpaired) electrons. The van der Waals surface area contributed by atoms with Crippen LogP contribution in [0.3, 0.4) is 0 Å². The standard InChI is InChI=1S/C22H34N4O2.HI/c1-23-21(25-19-16-8-14-28-20(16)22(19)9-6-10-22)24-15-17(18-7-5-13-27-18)26-11-3-2-4-12-26;/h5,7,13,16-17,19-20H,2-4,6,8-12,14-15H2,1H3,(H2,23,24,25);1H. The second kappa shape index (κ2) is 9.14. The molecule has 0 amide bonds. The van der Waals surface area contributed by atoms with E-state index in [1.807, 2.05) is 13.1 Å². The molecule has 2 saturated carbocycles. The maximum atomic E-state index is 6.06. The molecule has 1 aromatic rings. The van der Waals surface area contributed by atoms with E-state index in [4.69, 9.17) is 9.15 Å². The number of hydrogen-bond donors (Lipinski definition) is 2. The monoisotopic (exact) mass is 514 g/mol. The van der Waals surface area contributed by atoms with E-state index in [-0.39, 0.29) is 30.0 Å². The van der Waals surface area contributed by atoms with Crippen molar-refractivity contribution in [2.45, 2.75) is 63.1 Å². The number of furan rings is 1. The van der Waals surface area contributed by atoms with Crippen molar-refractivity contribution in [2.75, 3.05) is 33.3 Å². The highest BCUT2D eigenvalue weighted by atomic mass is 127. The zero-order valence-electron chi connectivity index (χ0n) is 17.4. The summed E-state index contributed by atoms with van der Waals surface area (Å²) in [6.45, 7) is 4.03. The summed E-state index contributed by atoms with van der Waals surface area (Å²) in [7, 11) is 1.88. The van der Waals surface area contributed by atoms with E-state index in [0.29, 0.717) is 23.5 Å². The van der Waals surface area contributed by atoms with Crippen LogP contribution < -0.4 is 10.6 Å². The van der Waals surface area contributed by atoms with Gasteiger partial charge in [-0.05, 0) is 57.3 Å². The van der Waals surface area contributed by atoms with Crippen LogP contribution in [-0.4, -0.2) is 56.3 Å². The fourth-order valence-corrected chi connectivity index (χ4v) is 6.11. The Kier molecular flexibility index (Phi) is 6.75. The Labute approximate surface area is 191 Å². The molecule has 5 rings (SSSR count). The minimum absolute atomic E-state index is 0. The molecule has 1 spiro atoms. The zero-order chi connectivity index (χ0) is 19.0. The predicted octanol–water partition coefficient (Wildman–Crippen LogP) is 3.55. The molecule has 3 heterocycles. The Morgan fingerprint density at radius 1 is 1.28 bits per heavy atom. The Morgan fingerprint density at radius 3 is 2.76 bits per heavy atom. The van der Waals surface area contributed by atoms with Gasteiger partial charge < -0.3 is 19.8 Å². The second-order valence-corrected chi connectivity index (χ2v) is 9.03. The van der Waals surface area contributed by atoms with Crippen molar-refractivity contribution >= 4 is 29.9 Å². The van der Waals surface area contributed by atoms with Crippen molar-refractivity contribution < 1.29 is 9.15 Å². The van der Waals surface area contributed by atoms with Crippen LogP contribution in [0.25, 0.3) is 0 Å². The SMILES string of the molecule is CN=C(NCC(c1ccco1)N1CCCCC1)NC1C2CCOC2C12CCC2.I. The summed E-state index contributed by atoms with van der Waals surface area (Å²) < 4.78 is 11.8. The molecule has 4 unspecified atom stereocenters. The number of rotatable bonds is 5.